The molecule has 118 valence electrons. The van der Waals surface area contributed by atoms with Gasteiger partial charge in [-0.1, -0.05) is 13.0 Å². The number of likely N-dealkylation sites (tertiary alicyclic amines) is 1. The van der Waals surface area contributed by atoms with Crippen molar-refractivity contribution in [1.29, 1.82) is 0 Å². The number of methoxy groups -OCH3 is 1. The van der Waals surface area contributed by atoms with Gasteiger partial charge in [0.1, 0.15) is 11.6 Å². The number of aliphatic hydroxyl groups excluding tert-OH is 1. The van der Waals surface area contributed by atoms with Gasteiger partial charge in [-0.3, -0.25) is 0 Å². The van der Waals surface area contributed by atoms with Crippen LogP contribution in [0.1, 0.15) is 31.4 Å². The Morgan fingerprint density at radius 3 is 2.95 bits per heavy atom. The van der Waals surface area contributed by atoms with Gasteiger partial charge in [-0.05, 0) is 37.4 Å². The molecule has 0 bridgehead atoms. The minimum atomic E-state index is -0.405. The van der Waals surface area contributed by atoms with Gasteiger partial charge in [0.15, 0.2) is 0 Å². The van der Waals surface area contributed by atoms with E-state index in [1.807, 2.05) is 0 Å². The van der Waals surface area contributed by atoms with Crippen LogP contribution in [0.4, 0.5) is 4.39 Å². The lowest BCUT2D eigenvalue weighted by atomic mass is 9.95. The van der Waals surface area contributed by atoms with Gasteiger partial charge >= 0.3 is 0 Å². The topological polar surface area (TPSA) is 58.7 Å². The van der Waals surface area contributed by atoms with Crippen LogP contribution in [-0.4, -0.2) is 42.9 Å². The van der Waals surface area contributed by atoms with E-state index >= 15 is 0 Å². The maximum absolute atomic E-state index is 14.0. The second-order valence-corrected chi connectivity index (χ2v) is 5.88. The number of aliphatic hydroxyl groups is 1. The molecule has 2 rings (SSSR count). The first-order chi connectivity index (χ1) is 10.0. The van der Waals surface area contributed by atoms with Crippen LogP contribution < -0.4 is 10.5 Å². The minimum absolute atomic E-state index is 0.280. The molecule has 0 aliphatic carbocycles. The van der Waals surface area contributed by atoms with Crippen molar-refractivity contribution in [2.75, 3.05) is 26.7 Å². The SMILES string of the molecule is COc1cccc(F)c1C(N)CCN1CCC(C)C(O)C1. The fourth-order valence-corrected chi connectivity index (χ4v) is 2.84. The highest BCUT2D eigenvalue weighted by Gasteiger charge is 2.25. The molecule has 0 aromatic heterocycles. The molecule has 4 nitrogen and oxygen atoms in total. The van der Waals surface area contributed by atoms with Gasteiger partial charge in [-0.25, -0.2) is 4.39 Å². The average molecular weight is 296 g/mol. The van der Waals surface area contributed by atoms with Gasteiger partial charge < -0.3 is 20.5 Å². The number of rotatable bonds is 5. The van der Waals surface area contributed by atoms with E-state index < -0.39 is 6.04 Å². The molecular formula is C16H25FN2O2. The lowest BCUT2D eigenvalue weighted by Gasteiger charge is -2.34. The maximum Gasteiger partial charge on any atom is 0.131 e. The summed E-state index contributed by atoms with van der Waals surface area (Å²) in [5.74, 6) is 0.519. The van der Waals surface area contributed by atoms with Crippen molar-refractivity contribution in [2.45, 2.75) is 31.9 Å². The molecule has 1 aromatic rings. The van der Waals surface area contributed by atoms with Crippen molar-refractivity contribution >= 4 is 0 Å². The van der Waals surface area contributed by atoms with E-state index in [1.54, 1.807) is 12.1 Å². The second-order valence-electron chi connectivity index (χ2n) is 5.88. The predicted octanol–water partition coefficient (Wildman–Crippen LogP) is 1.93. The molecular weight excluding hydrogens is 271 g/mol. The smallest absolute Gasteiger partial charge is 0.131 e. The molecule has 1 aromatic carbocycles. The molecule has 0 amide bonds. The van der Waals surface area contributed by atoms with Crippen LogP contribution in [-0.2, 0) is 0 Å². The summed E-state index contributed by atoms with van der Waals surface area (Å²) in [6.45, 7) is 4.45. The van der Waals surface area contributed by atoms with Crippen LogP contribution in [0.15, 0.2) is 18.2 Å². The van der Waals surface area contributed by atoms with E-state index in [-0.39, 0.29) is 11.9 Å². The molecule has 1 heterocycles. The van der Waals surface area contributed by atoms with E-state index in [0.29, 0.717) is 30.2 Å². The van der Waals surface area contributed by atoms with Crippen LogP contribution in [0.5, 0.6) is 5.75 Å². The fourth-order valence-electron chi connectivity index (χ4n) is 2.84. The second kappa shape index (κ2) is 7.20. The average Bonchev–Trinajstić information content (AvgIpc) is 2.47. The third-order valence-electron chi connectivity index (χ3n) is 4.36. The first-order valence-electron chi connectivity index (χ1n) is 7.51. The van der Waals surface area contributed by atoms with Crippen molar-refractivity contribution in [3.05, 3.63) is 29.6 Å². The lowest BCUT2D eigenvalue weighted by molar-refractivity contribution is 0.0281. The summed E-state index contributed by atoms with van der Waals surface area (Å²) >= 11 is 0. The number of β-amino-alcohol motifs (C(OH)–C–C–N with tert-alkyl or cyclic N) is 1. The molecule has 1 fully saturated rings. The zero-order chi connectivity index (χ0) is 15.4. The summed E-state index contributed by atoms with van der Waals surface area (Å²) in [5.41, 5.74) is 6.58. The number of hydrogen-bond acceptors (Lipinski definition) is 4. The molecule has 5 heteroatoms. The number of hydrogen-bond donors (Lipinski definition) is 2. The molecule has 21 heavy (non-hydrogen) atoms. The molecule has 3 unspecified atom stereocenters. The Morgan fingerprint density at radius 2 is 2.29 bits per heavy atom. The summed E-state index contributed by atoms with van der Waals surface area (Å²) in [6, 6.07) is 4.35. The first kappa shape index (κ1) is 16.2. The van der Waals surface area contributed by atoms with E-state index in [0.717, 1.165) is 19.5 Å². The van der Waals surface area contributed by atoms with E-state index in [4.69, 9.17) is 10.5 Å². The number of nitrogens with two attached hydrogens (primary N) is 1. The fraction of sp³-hybridized carbons (Fsp3) is 0.625. The van der Waals surface area contributed by atoms with E-state index in [9.17, 15) is 9.50 Å². The predicted molar refractivity (Wildman–Crippen MR) is 80.7 cm³/mol. The molecule has 0 radical (unpaired) electrons. The summed E-state index contributed by atoms with van der Waals surface area (Å²) in [5, 5.41) is 9.90. The van der Waals surface area contributed by atoms with Crippen molar-refractivity contribution in [3.8, 4) is 5.75 Å². The molecule has 3 N–H and O–H groups in total. The van der Waals surface area contributed by atoms with Crippen molar-refractivity contribution in [3.63, 3.8) is 0 Å². The third-order valence-corrected chi connectivity index (χ3v) is 4.36. The first-order valence-corrected chi connectivity index (χ1v) is 7.51. The monoisotopic (exact) mass is 296 g/mol. The lowest BCUT2D eigenvalue weighted by Crippen LogP contribution is -2.43. The van der Waals surface area contributed by atoms with Gasteiger partial charge in [0.2, 0.25) is 0 Å². The summed E-state index contributed by atoms with van der Waals surface area (Å²) in [6.07, 6.45) is 1.34. The normalized spacial score (nSPS) is 24.8. The zero-order valence-corrected chi connectivity index (χ0v) is 12.8. The summed E-state index contributed by atoms with van der Waals surface area (Å²) in [4.78, 5) is 2.19. The third kappa shape index (κ3) is 3.93. The van der Waals surface area contributed by atoms with Crippen LogP contribution in [0, 0.1) is 11.7 Å². The Balaban J connectivity index is 1.95. The van der Waals surface area contributed by atoms with Crippen molar-refractivity contribution in [2.24, 2.45) is 11.7 Å². The van der Waals surface area contributed by atoms with E-state index in [1.165, 1.54) is 13.2 Å². The number of benzene rings is 1. The number of ether oxygens (including phenoxy) is 1. The van der Waals surface area contributed by atoms with Gasteiger partial charge in [0, 0.05) is 24.7 Å². The number of piperidine rings is 1. The number of nitrogens with zero attached hydrogens (tertiary/aromatic N) is 1. The highest BCUT2D eigenvalue weighted by Crippen LogP contribution is 2.28. The van der Waals surface area contributed by atoms with Crippen molar-refractivity contribution in [1.82, 2.24) is 4.90 Å². The quantitative estimate of drug-likeness (QED) is 0.871. The van der Waals surface area contributed by atoms with Crippen LogP contribution >= 0.6 is 0 Å². The maximum atomic E-state index is 14.0. The van der Waals surface area contributed by atoms with Crippen molar-refractivity contribution < 1.29 is 14.2 Å². The van der Waals surface area contributed by atoms with Crippen LogP contribution in [0.2, 0.25) is 0 Å². The molecule has 1 aliphatic heterocycles. The highest BCUT2D eigenvalue weighted by molar-refractivity contribution is 5.37. The Morgan fingerprint density at radius 1 is 1.52 bits per heavy atom. The number of halogens is 1. The van der Waals surface area contributed by atoms with E-state index in [2.05, 4.69) is 11.8 Å². The summed E-state index contributed by atoms with van der Waals surface area (Å²) < 4.78 is 19.1. The largest absolute Gasteiger partial charge is 0.496 e. The van der Waals surface area contributed by atoms with Crippen LogP contribution in [0.3, 0.4) is 0 Å². The van der Waals surface area contributed by atoms with Gasteiger partial charge in [-0.2, -0.15) is 0 Å². The highest BCUT2D eigenvalue weighted by atomic mass is 19.1. The standard InChI is InChI=1S/C16H25FN2O2/c1-11-6-8-19(10-14(11)20)9-7-13(18)16-12(17)4-3-5-15(16)21-2/h3-5,11,13-14,20H,6-10,18H2,1-2H3. The zero-order valence-electron chi connectivity index (χ0n) is 12.8. The Bertz CT molecular complexity index is 470. The molecule has 1 aliphatic rings. The molecule has 3 atom stereocenters. The van der Waals surface area contributed by atoms with Crippen LogP contribution in [0.25, 0.3) is 0 Å². The molecule has 0 spiro atoms. The Kier molecular flexibility index (Phi) is 5.56. The molecule has 0 saturated carbocycles. The molecule has 1 saturated heterocycles. The minimum Gasteiger partial charge on any atom is -0.496 e. The van der Waals surface area contributed by atoms with Gasteiger partial charge in [0.05, 0.1) is 13.2 Å². The summed E-state index contributed by atoms with van der Waals surface area (Å²) in [7, 11) is 1.52. The Hall–Kier alpha value is -1.17. The van der Waals surface area contributed by atoms with Gasteiger partial charge in [-0.15, -0.1) is 0 Å². The van der Waals surface area contributed by atoms with Gasteiger partial charge in [0.25, 0.3) is 0 Å². The Labute approximate surface area is 125 Å².